The largest absolute Gasteiger partial charge is 0.506 e. The maximum Gasteiger partial charge on any atom is 0.362 e. The van der Waals surface area contributed by atoms with Gasteiger partial charge in [0.2, 0.25) is 10.8 Å². The van der Waals surface area contributed by atoms with Crippen molar-refractivity contribution in [3.05, 3.63) is 17.3 Å². The number of ether oxygens (including phenoxy) is 2. The predicted molar refractivity (Wildman–Crippen MR) is 55.9 cm³/mol. The van der Waals surface area contributed by atoms with Crippen molar-refractivity contribution in [2.45, 2.75) is 6.61 Å². The van der Waals surface area contributed by atoms with E-state index < -0.39 is 5.97 Å². The molecule has 94 valence electrons. The second-order valence-electron chi connectivity index (χ2n) is 2.97. The summed E-state index contributed by atoms with van der Waals surface area (Å²) in [5.74, 6) is -0.753. The molecule has 0 unspecified atom stereocenters. The lowest BCUT2D eigenvalue weighted by atomic mass is 10.4. The van der Waals surface area contributed by atoms with Gasteiger partial charge in [0.15, 0.2) is 24.8 Å². The normalized spacial score (nSPS) is 15.2. The van der Waals surface area contributed by atoms with E-state index in [1.165, 1.54) is 0 Å². The Labute approximate surface area is 104 Å². The zero-order valence-corrected chi connectivity index (χ0v) is 9.59. The average molecular weight is 270 g/mol. The summed E-state index contributed by atoms with van der Waals surface area (Å²) in [5.41, 5.74) is -0.254. The van der Waals surface area contributed by atoms with Crippen molar-refractivity contribution in [3.8, 4) is 0 Å². The molecule has 0 radical (unpaired) electrons. The van der Waals surface area contributed by atoms with Gasteiger partial charge in [-0.3, -0.25) is 4.79 Å². The molecule has 9 nitrogen and oxygen atoms in total. The van der Waals surface area contributed by atoms with E-state index in [0.717, 1.165) is 11.5 Å². The highest BCUT2D eigenvalue weighted by atomic mass is 32.1. The Morgan fingerprint density at radius 1 is 1.56 bits per heavy atom. The standard InChI is InChI=1S/C8H6N4O5S/c13-3-16-2-5-9-8(18-12-5)11-10-6-4(14)1-17-7(6)15/h3,14H,1-2H2. The summed E-state index contributed by atoms with van der Waals surface area (Å²) in [6, 6.07) is 0. The Morgan fingerprint density at radius 2 is 2.39 bits per heavy atom. The third-order valence-corrected chi connectivity index (χ3v) is 2.42. The third-order valence-electron chi connectivity index (χ3n) is 1.78. The lowest BCUT2D eigenvalue weighted by Gasteiger charge is -1.89. The molecule has 1 aliphatic rings. The van der Waals surface area contributed by atoms with Crippen LogP contribution in [0.1, 0.15) is 5.82 Å². The third kappa shape index (κ3) is 2.66. The van der Waals surface area contributed by atoms with Crippen LogP contribution >= 0.6 is 11.5 Å². The topological polar surface area (TPSA) is 123 Å². The van der Waals surface area contributed by atoms with Crippen LogP contribution in [0.25, 0.3) is 0 Å². The number of carbonyl (C=O) groups is 2. The Balaban J connectivity index is 2.05. The molecule has 2 heterocycles. The van der Waals surface area contributed by atoms with Crippen molar-refractivity contribution < 1.29 is 24.2 Å². The van der Waals surface area contributed by atoms with Gasteiger partial charge in [-0.15, -0.1) is 10.2 Å². The number of esters is 1. The first-order chi connectivity index (χ1) is 8.70. The van der Waals surface area contributed by atoms with E-state index in [1.807, 2.05) is 0 Å². The number of aliphatic hydroxyl groups excluding tert-OH is 1. The van der Waals surface area contributed by atoms with E-state index in [4.69, 9.17) is 0 Å². The molecule has 0 saturated heterocycles. The number of rotatable bonds is 5. The SMILES string of the molecule is O=COCc1nsc(N=NC2=C(O)COC2=O)n1. The summed E-state index contributed by atoms with van der Waals surface area (Å²) in [6.07, 6.45) is 0. The van der Waals surface area contributed by atoms with Gasteiger partial charge in [-0.25, -0.2) is 4.79 Å². The smallest absolute Gasteiger partial charge is 0.362 e. The van der Waals surface area contributed by atoms with Crippen LogP contribution < -0.4 is 0 Å². The molecule has 0 spiro atoms. The number of carbonyl (C=O) groups excluding carboxylic acids is 2. The highest BCUT2D eigenvalue weighted by molar-refractivity contribution is 7.09. The summed E-state index contributed by atoms with van der Waals surface area (Å²) in [7, 11) is 0. The van der Waals surface area contributed by atoms with E-state index in [1.54, 1.807) is 0 Å². The van der Waals surface area contributed by atoms with Crippen LogP contribution in [0.4, 0.5) is 5.13 Å². The molecule has 0 atom stereocenters. The number of hydrogen-bond donors (Lipinski definition) is 1. The van der Waals surface area contributed by atoms with Crippen molar-refractivity contribution >= 4 is 29.1 Å². The fraction of sp³-hybridized carbons (Fsp3) is 0.250. The van der Waals surface area contributed by atoms with Gasteiger partial charge in [0.25, 0.3) is 6.47 Å². The minimum atomic E-state index is -0.745. The van der Waals surface area contributed by atoms with Gasteiger partial charge in [-0.1, -0.05) is 0 Å². The van der Waals surface area contributed by atoms with Crippen LogP contribution in [0, 0.1) is 0 Å². The van der Waals surface area contributed by atoms with E-state index in [0.29, 0.717) is 0 Å². The summed E-state index contributed by atoms with van der Waals surface area (Å²) in [6.45, 7) is 0.00679. The van der Waals surface area contributed by atoms with E-state index >= 15 is 0 Å². The first-order valence-electron chi connectivity index (χ1n) is 4.59. The minimum absolute atomic E-state index is 0.0640. The zero-order valence-electron chi connectivity index (χ0n) is 8.77. The van der Waals surface area contributed by atoms with Gasteiger partial charge in [-0.05, 0) is 0 Å². The molecular weight excluding hydrogens is 264 g/mol. The monoisotopic (exact) mass is 270 g/mol. The van der Waals surface area contributed by atoms with Gasteiger partial charge in [0.05, 0.1) is 0 Å². The Kier molecular flexibility index (Phi) is 3.57. The maximum absolute atomic E-state index is 11.1. The van der Waals surface area contributed by atoms with Crippen molar-refractivity contribution in [2.75, 3.05) is 6.61 Å². The van der Waals surface area contributed by atoms with Crippen LogP contribution in [-0.2, 0) is 25.7 Å². The molecule has 1 N–H and O–H groups in total. The molecule has 0 fully saturated rings. The molecule has 1 aromatic heterocycles. The Hall–Kier alpha value is -2.36. The van der Waals surface area contributed by atoms with Crippen molar-refractivity contribution in [1.82, 2.24) is 9.36 Å². The van der Waals surface area contributed by atoms with Crippen molar-refractivity contribution in [3.63, 3.8) is 0 Å². The summed E-state index contributed by atoms with van der Waals surface area (Å²) >= 11 is 0.912. The van der Waals surface area contributed by atoms with Crippen LogP contribution in [0.5, 0.6) is 0 Å². The van der Waals surface area contributed by atoms with E-state index in [-0.39, 0.29) is 42.1 Å². The van der Waals surface area contributed by atoms with Crippen LogP contribution in [0.15, 0.2) is 21.7 Å². The summed E-state index contributed by atoms with van der Waals surface area (Å²) in [5, 5.41) is 16.6. The number of aliphatic hydroxyl groups is 1. The van der Waals surface area contributed by atoms with Gasteiger partial charge < -0.3 is 14.6 Å². The van der Waals surface area contributed by atoms with Gasteiger partial charge in [0.1, 0.15) is 0 Å². The van der Waals surface area contributed by atoms with Gasteiger partial charge in [0, 0.05) is 11.5 Å². The van der Waals surface area contributed by atoms with Crippen LogP contribution in [0.2, 0.25) is 0 Å². The molecule has 2 rings (SSSR count). The van der Waals surface area contributed by atoms with Crippen molar-refractivity contribution in [2.24, 2.45) is 10.2 Å². The maximum atomic E-state index is 11.1. The molecule has 0 bridgehead atoms. The fourth-order valence-corrected chi connectivity index (χ4v) is 1.54. The average Bonchev–Trinajstić information content (AvgIpc) is 2.93. The number of azo groups is 1. The van der Waals surface area contributed by atoms with Gasteiger partial charge in [-0.2, -0.15) is 9.36 Å². The molecule has 0 saturated carbocycles. The molecule has 10 heteroatoms. The molecule has 18 heavy (non-hydrogen) atoms. The first kappa shape index (κ1) is 12.1. The quantitative estimate of drug-likeness (QED) is 0.472. The van der Waals surface area contributed by atoms with E-state index in [2.05, 4.69) is 29.1 Å². The molecule has 1 aromatic rings. The number of hydrogen-bond acceptors (Lipinski definition) is 10. The number of aromatic nitrogens is 2. The number of nitrogens with zero attached hydrogens (tertiary/aromatic N) is 4. The minimum Gasteiger partial charge on any atom is -0.506 e. The van der Waals surface area contributed by atoms with Crippen molar-refractivity contribution in [1.29, 1.82) is 0 Å². The Bertz CT molecular complexity index is 537. The second kappa shape index (κ2) is 5.31. The predicted octanol–water partition coefficient (Wildman–Crippen LogP) is 0.621. The van der Waals surface area contributed by atoms with Crippen LogP contribution in [0.3, 0.4) is 0 Å². The first-order valence-corrected chi connectivity index (χ1v) is 5.37. The second-order valence-corrected chi connectivity index (χ2v) is 3.70. The molecule has 0 amide bonds. The molecule has 0 aliphatic carbocycles. The van der Waals surface area contributed by atoms with E-state index in [9.17, 15) is 14.7 Å². The number of cyclic esters (lactones) is 1. The Morgan fingerprint density at radius 3 is 3.06 bits per heavy atom. The highest BCUT2D eigenvalue weighted by Gasteiger charge is 2.24. The zero-order chi connectivity index (χ0) is 13.0. The van der Waals surface area contributed by atoms with Gasteiger partial charge >= 0.3 is 5.97 Å². The highest BCUT2D eigenvalue weighted by Crippen LogP contribution is 2.20. The fourth-order valence-electron chi connectivity index (χ4n) is 1.03. The summed E-state index contributed by atoms with van der Waals surface area (Å²) < 4.78 is 12.8. The lowest BCUT2D eigenvalue weighted by molar-refractivity contribution is -0.136. The lowest BCUT2D eigenvalue weighted by Crippen LogP contribution is -1.96. The van der Waals surface area contributed by atoms with Crippen LogP contribution in [-0.4, -0.2) is 33.5 Å². The molecule has 0 aromatic carbocycles. The summed E-state index contributed by atoms with van der Waals surface area (Å²) in [4.78, 5) is 24.9. The molecular formula is C8H6N4O5S. The molecule has 1 aliphatic heterocycles.